The Morgan fingerprint density at radius 3 is 2.10 bits per heavy atom. The second-order valence-electron chi connectivity index (χ2n) is 4.95. The summed E-state index contributed by atoms with van der Waals surface area (Å²) >= 11 is 0. The zero-order chi connectivity index (χ0) is 7.15. The molecule has 1 heteroatoms. The molecule has 0 aromatic carbocycles. The first kappa shape index (κ1) is 5.59. The Morgan fingerprint density at radius 1 is 1.20 bits per heavy atom. The van der Waals surface area contributed by atoms with Crippen LogP contribution in [0.2, 0.25) is 0 Å². The molecule has 56 valence electrons. The fourth-order valence-electron chi connectivity index (χ4n) is 4.06. The molecule has 0 heterocycles. The van der Waals surface area contributed by atoms with Gasteiger partial charge in [-0.2, -0.15) is 0 Å². The van der Waals surface area contributed by atoms with Gasteiger partial charge in [0.05, 0.1) is 6.10 Å². The summed E-state index contributed by atoms with van der Waals surface area (Å²) in [5, 5.41) is 9.52. The van der Waals surface area contributed by atoms with E-state index in [1.165, 1.54) is 6.42 Å². The van der Waals surface area contributed by atoms with Gasteiger partial charge in [0.15, 0.2) is 0 Å². The van der Waals surface area contributed by atoms with Gasteiger partial charge in [-0.05, 0) is 35.5 Å². The minimum absolute atomic E-state index is 0.0526. The van der Waals surface area contributed by atoms with E-state index >= 15 is 0 Å². The van der Waals surface area contributed by atoms with Crippen LogP contribution in [0.15, 0.2) is 0 Å². The second kappa shape index (κ2) is 1.08. The highest BCUT2D eigenvalue weighted by atomic mass is 16.3. The van der Waals surface area contributed by atoms with Gasteiger partial charge >= 0.3 is 0 Å². The van der Waals surface area contributed by atoms with Gasteiger partial charge in [-0.15, -0.1) is 0 Å². The lowest BCUT2D eigenvalue weighted by atomic mass is 9.69. The van der Waals surface area contributed by atoms with Crippen molar-refractivity contribution in [2.24, 2.45) is 22.7 Å². The highest BCUT2D eigenvalue weighted by Crippen LogP contribution is 2.88. The summed E-state index contributed by atoms with van der Waals surface area (Å²) in [6, 6.07) is 0. The lowest BCUT2D eigenvalue weighted by Crippen LogP contribution is -2.35. The van der Waals surface area contributed by atoms with Gasteiger partial charge in [0.25, 0.3) is 0 Å². The summed E-state index contributed by atoms with van der Waals surface area (Å²) in [5.41, 5.74) is 1.22. The zero-order valence-corrected chi connectivity index (χ0v) is 6.59. The number of fused-ring (bicyclic) bond motifs is 1. The molecule has 3 rings (SSSR count). The van der Waals surface area contributed by atoms with Gasteiger partial charge in [-0.25, -0.2) is 0 Å². The molecule has 0 saturated heterocycles. The molecule has 5 atom stereocenters. The first-order chi connectivity index (χ1) is 4.59. The molecule has 10 heavy (non-hydrogen) atoms. The van der Waals surface area contributed by atoms with Gasteiger partial charge < -0.3 is 5.11 Å². The molecule has 1 N–H and O–H groups in total. The number of rotatable bonds is 0. The van der Waals surface area contributed by atoms with Crippen LogP contribution in [0, 0.1) is 22.7 Å². The summed E-state index contributed by atoms with van der Waals surface area (Å²) in [4.78, 5) is 0. The highest BCUT2D eigenvalue weighted by molar-refractivity contribution is 5.32. The van der Waals surface area contributed by atoms with Crippen LogP contribution in [-0.2, 0) is 0 Å². The quantitative estimate of drug-likeness (QED) is 0.536. The predicted octanol–water partition coefficient (Wildman–Crippen LogP) is 1.41. The van der Waals surface area contributed by atoms with Crippen molar-refractivity contribution in [1.82, 2.24) is 0 Å². The van der Waals surface area contributed by atoms with E-state index in [0.29, 0.717) is 16.7 Å². The maximum atomic E-state index is 9.52. The normalized spacial score (nSPS) is 76.5. The maximum absolute atomic E-state index is 9.52. The van der Waals surface area contributed by atoms with Crippen LogP contribution in [-0.4, -0.2) is 11.2 Å². The Kier molecular flexibility index (Phi) is 0.602. The summed E-state index contributed by atoms with van der Waals surface area (Å²) in [6.45, 7) is 4.74. The largest absolute Gasteiger partial charge is 0.393 e. The molecule has 0 spiro atoms. The molecule has 3 aliphatic rings. The van der Waals surface area contributed by atoms with Gasteiger partial charge in [0.2, 0.25) is 0 Å². The van der Waals surface area contributed by atoms with Gasteiger partial charge in [0, 0.05) is 0 Å². The summed E-state index contributed by atoms with van der Waals surface area (Å²) in [6.07, 6.45) is 2.44. The van der Waals surface area contributed by atoms with Crippen molar-refractivity contribution in [3.63, 3.8) is 0 Å². The van der Waals surface area contributed by atoms with E-state index in [0.717, 1.165) is 12.3 Å². The number of hydrogen-bond acceptors (Lipinski definition) is 1. The monoisotopic (exact) mass is 138 g/mol. The molecule has 0 amide bonds. The van der Waals surface area contributed by atoms with Crippen molar-refractivity contribution in [1.29, 1.82) is 0 Å². The van der Waals surface area contributed by atoms with Crippen molar-refractivity contribution >= 4 is 0 Å². The van der Waals surface area contributed by atoms with E-state index in [-0.39, 0.29) is 6.10 Å². The maximum Gasteiger partial charge on any atom is 0.0577 e. The van der Waals surface area contributed by atoms with Crippen LogP contribution in [0.3, 0.4) is 0 Å². The summed E-state index contributed by atoms with van der Waals surface area (Å²) in [5.74, 6) is 1.59. The molecule has 3 aliphatic carbocycles. The van der Waals surface area contributed by atoms with Crippen molar-refractivity contribution < 1.29 is 5.11 Å². The molecule has 3 fully saturated rings. The molecule has 1 nitrogen and oxygen atoms in total. The second-order valence-corrected chi connectivity index (χ2v) is 4.95. The average molecular weight is 138 g/mol. The molecule has 3 saturated carbocycles. The van der Waals surface area contributed by atoms with Crippen molar-refractivity contribution in [3.8, 4) is 0 Å². The predicted molar refractivity (Wildman–Crippen MR) is 38.4 cm³/mol. The van der Waals surface area contributed by atoms with E-state index in [1.54, 1.807) is 0 Å². The van der Waals surface area contributed by atoms with Crippen LogP contribution < -0.4 is 0 Å². The van der Waals surface area contributed by atoms with E-state index in [1.807, 2.05) is 0 Å². The molecular weight excluding hydrogens is 124 g/mol. The number of hydrogen-bond donors (Lipinski definition) is 1. The summed E-state index contributed by atoms with van der Waals surface area (Å²) < 4.78 is 0. The molecular formula is C9H14O. The Bertz CT molecular complexity index is 213. The number of aliphatic hydroxyl groups excluding tert-OH is 1. The molecule has 0 aliphatic heterocycles. The van der Waals surface area contributed by atoms with E-state index < -0.39 is 0 Å². The van der Waals surface area contributed by atoms with Crippen molar-refractivity contribution in [2.75, 3.05) is 0 Å². The Morgan fingerprint density at radius 2 is 1.80 bits per heavy atom. The van der Waals surface area contributed by atoms with E-state index in [9.17, 15) is 5.11 Å². The standard InChI is InChI=1S/C9H14O/c1-8-3-5-6(10)4-9(8,2)7(5)8/h5-7,10H,3-4H2,1-2H3/t5?,6-,7?,8+,9-/m1/s1. The average Bonchev–Trinajstić information content (AvgIpc) is 2.09. The first-order valence-electron chi connectivity index (χ1n) is 4.28. The Balaban J connectivity index is 2.03. The van der Waals surface area contributed by atoms with Crippen LogP contribution >= 0.6 is 0 Å². The van der Waals surface area contributed by atoms with Gasteiger partial charge in [0.1, 0.15) is 0 Å². The Labute approximate surface area is 61.4 Å². The topological polar surface area (TPSA) is 20.2 Å². The lowest BCUT2D eigenvalue weighted by Gasteiger charge is -2.37. The molecule has 0 radical (unpaired) electrons. The van der Waals surface area contributed by atoms with E-state index in [4.69, 9.17) is 0 Å². The van der Waals surface area contributed by atoms with Crippen LogP contribution in [0.1, 0.15) is 26.7 Å². The highest BCUT2D eigenvalue weighted by Gasteiger charge is 2.84. The third-order valence-corrected chi connectivity index (χ3v) is 4.81. The fraction of sp³-hybridized carbons (Fsp3) is 1.00. The molecule has 2 unspecified atom stereocenters. The van der Waals surface area contributed by atoms with Crippen LogP contribution in [0.5, 0.6) is 0 Å². The Hall–Kier alpha value is -0.0400. The van der Waals surface area contributed by atoms with E-state index in [2.05, 4.69) is 13.8 Å². The third-order valence-electron chi connectivity index (χ3n) is 4.81. The SMILES string of the molecule is C[C@]12CC3C1[C@@]2(C)C[C@H]3O. The zero-order valence-electron chi connectivity index (χ0n) is 6.59. The van der Waals surface area contributed by atoms with Crippen molar-refractivity contribution in [2.45, 2.75) is 32.8 Å². The molecule has 0 bridgehead atoms. The first-order valence-corrected chi connectivity index (χ1v) is 4.28. The minimum atomic E-state index is 0.0526. The van der Waals surface area contributed by atoms with Crippen LogP contribution in [0.4, 0.5) is 0 Å². The lowest BCUT2D eigenvalue weighted by molar-refractivity contribution is 0.00892. The van der Waals surface area contributed by atoms with Gasteiger partial charge in [-0.3, -0.25) is 0 Å². The third kappa shape index (κ3) is 0.282. The molecule has 0 aromatic heterocycles. The molecule has 0 aromatic rings. The van der Waals surface area contributed by atoms with Gasteiger partial charge in [-0.1, -0.05) is 13.8 Å². The van der Waals surface area contributed by atoms with Crippen molar-refractivity contribution in [3.05, 3.63) is 0 Å². The summed E-state index contributed by atoms with van der Waals surface area (Å²) in [7, 11) is 0. The number of aliphatic hydroxyl groups is 1. The smallest absolute Gasteiger partial charge is 0.0577 e. The fourth-order valence-corrected chi connectivity index (χ4v) is 4.06. The minimum Gasteiger partial charge on any atom is -0.393 e. The van der Waals surface area contributed by atoms with Crippen LogP contribution in [0.25, 0.3) is 0 Å².